The van der Waals surface area contributed by atoms with Crippen LogP contribution in [0.25, 0.3) is 0 Å². The molecule has 1 aliphatic carbocycles. The topological polar surface area (TPSA) is 42.4 Å². The third-order valence-electron chi connectivity index (χ3n) is 3.63. The van der Waals surface area contributed by atoms with E-state index in [2.05, 4.69) is 18.0 Å². The van der Waals surface area contributed by atoms with E-state index in [-0.39, 0.29) is 0 Å². The van der Waals surface area contributed by atoms with Gasteiger partial charge in [0.05, 0.1) is 18.4 Å². The van der Waals surface area contributed by atoms with Crippen molar-refractivity contribution in [3.05, 3.63) is 29.6 Å². The largest absolute Gasteiger partial charge is 0.396 e. The van der Waals surface area contributed by atoms with Crippen LogP contribution >= 0.6 is 0 Å². The van der Waals surface area contributed by atoms with Crippen LogP contribution in [-0.4, -0.2) is 22.8 Å². The second kappa shape index (κ2) is 6.12. The number of aliphatic hydroxyl groups is 1. The molecule has 1 N–H and O–H groups in total. The summed E-state index contributed by atoms with van der Waals surface area (Å²) in [5, 5.41) is 9.07. The summed E-state index contributed by atoms with van der Waals surface area (Å²) < 4.78 is 5.90. The first-order chi connectivity index (χ1) is 8.29. The summed E-state index contributed by atoms with van der Waals surface area (Å²) in [6.45, 7) is 3.00. The number of pyridine rings is 1. The molecule has 0 amide bonds. The Hall–Kier alpha value is -0.930. The highest BCUT2D eigenvalue weighted by atomic mass is 16.5. The molecule has 1 saturated carbocycles. The SMILES string of the molecule is Cc1cccnc1COC1CCC(CO)CC1. The van der Waals surface area contributed by atoms with Crippen molar-refractivity contribution in [2.24, 2.45) is 5.92 Å². The maximum Gasteiger partial charge on any atom is 0.0894 e. The van der Waals surface area contributed by atoms with Gasteiger partial charge in [0.1, 0.15) is 0 Å². The van der Waals surface area contributed by atoms with Gasteiger partial charge < -0.3 is 9.84 Å². The van der Waals surface area contributed by atoms with E-state index >= 15 is 0 Å². The Bertz CT molecular complexity index is 346. The molecule has 1 aliphatic rings. The van der Waals surface area contributed by atoms with Gasteiger partial charge in [0.2, 0.25) is 0 Å². The molecule has 1 fully saturated rings. The Kier molecular flexibility index (Phi) is 4.51. The molecule has 0 radical (unpaired) electrons. The van der Waals surface area contributed by atoms with Gasteiger partial charge in [-0.2, -0.15) is 0 Å². The fourth-order valence-corrected chi connectivity index (χ4v) is 2.35. The first kappa shape index (κ1) is 12.5. The monoisotopic (exact) mass is 235 g/mol. The van der Waals surface area contributed by atoms with Crippen LogP contribution in [0.5, 0.6) is 0 Å². The lowest BCUT2D eigenvalue weighted by atomic mass is 9.88. The van der Waals surface area contributed by atoms with Crippen LogP contribution in [-0.2, 0) is 11.3 Å². The van der Waals surface area contributed by atoms with E-state index in [9.17, 15) is 0 Å². The van der Waals surface area contributed by atoms with Gasteiger partial charge in [0.25, 0.3) is 0 Å². The number of aryl methyl sites for hydroxylation is 1. The molecule has 0 aromatic carbocycles. The van der Waals surface area contributed by atoms with Gasteiger partial charge in [-0.15, -0.1) is 0 Å². The Morgan fingerprint density at radius 3 is 2.76 bits per heavy atom. The smallest absolute Gasteiger partial charge is 0.0894 e. The highest BCUT2D eigenvalue weighted by molar-refractivity contribution is 5.16. The summed E-state index contributed by atoms with van der Waals surface area (Å²) in [6, 6.07) is 4.01. The van der Waals surface area contributed by atoms with Crippen LogP contribution in [0, 0.1) is 12.8 Å². The quantitative estimate of drug-likeness (QED) is 0.871. The minimum absolute atomic E-state index is 0.325. The van der Waals surface area contributed by atoms with Gasteiger partial charge in [-0.25, -0.2) is 0 Å². The van der Waals surface area contributed by atoms with E-state index in [1.165, 1.54) is 5.56 Å². The molecule has 2 rings (SSSR count). The third kappa shape index (κ3) is 3.51. The first-order valence-corrected chi connectivity index (χ1v) is 6.42. The molecule has 3 nitrogen and oxygen atoms in total. The van der Waals surface area contributed by atoms with Gasteiger partial charge in [-0.3, -0.25) is 4.98 Å². The maximum absolute atomic E-state index is 9.07. The highest BCUT2D eigenvalue weighted by Gasteiger charge is 2.21. The van der Waals surface area contributed by atoms with Crippen molar-refractivity contribution in [3.63, 3.8) is 0 Å². The summed E-state index contributed by atoms with van der Waals surface area (Å²) in [4.78, 5) is 4.33. The number of aliphatic hydroxyl groups excluding tert-OH is 1. The van der Waals surface area contributed by atoms with Crippen molar-refractivity contribution in [2.75, 3.05) is 6.61 Å². The number of rotatable bonds is 4. The fraction of sp³-hybridized carbons (Fsp3) is 0.643. The van der Waals surface area contributed by atoms with Crippen LogP contribution in [0.1, 0.15) is 36.9 Å². The normalized spacial score (nSPS) is 24.8. The number of aromatic nitrogens is 1. The second-order valence-corrected chi connectivity index (χ2v) is 4.90. The van der Waals surface area contributed by atoms with E-state index in [1.807, 2.05) is 12.3 Å². The van der Waals surface area contributed by atoms with Crippen molar-refractivity contribution in [1.82, 2.24) is 4.98 Å². The van der Waals surface area contributed by atoms with E-state index in [1.54, 1.807) is 0 Å². The second-order valence-electron chi connectivity index (χ2n) is 4.90. The van der Waals surface area contributed by atoms with E-state index < -0.39 is 0 Å². The Labute approximate surface area is 103 Å². The maximum atomic E-state index is 9.07. The van der Waals surface area contributed by atoms with Crippen molar-refractivity contribution >= 4 is 0 Å². The van der Waals surface area contributed by atoms with Crippen molar-refractivity contribution < 1.29 is 9.84 Å². The van der Waals surface area contributed by atoms with Crippen molar-refractivity contribution in [2.45, 2.75) is 45.3 Å². The molecule has 0 bridgehead atoms. The Morgan fingerprint density at radius 1 is 1.35 bits per heavy atom. The summed E-state index contributed by atoms with van der Waals surface area (Å²) in [5.41, 5.74) is 2.23. The van der Waals surface area contributed by atoms with Gasteiger partial charge in [0, 0.05) is 12.8 Å². The molecule has 1 aromatic heterocycles. The van der Waals surface area contributed by atoms with Crippen LogP contribution < -0.4 is 0 Å². The van der Waals surface area contributed by atoms with Crippen LogP contribution in [0.3, 0.4) is 0 Å². The summed E-state index contributed by atoms with van der Waals surface area (Å²) in [6.07, 6.45) is 6.46. The Morgan fingerprint density at radius 2 is 2.12 bits per heavy atom. The molecular formula is C14H21NO2. The van der Waals surface area contributed by atoms with Gasteiger partial charge in [-0.1, -0.05) is 6.07 Å². The summed E-state index contributed by atoms with van der Waals surface area (Å²) in [5.74, 6) is 0.492. The molecule has 0 spiro atoms. The lowest BCUT2D eigenvalue weighted by molar-refractivity contribution is -0.000350. The number of hydrogen-bond donors (Lipinski definition) is 1. The zero-order valence-corrected chi connectivity index (χ0v) is 10.4. The fourth-order valence-electron chi connectivity index (χ4n) is 2.35. The standard InChI is InChI=1S/C14H21NO2/c1-11-3-2-8-15-14(11)10-17-13-6-4-12(9-16)5-7-13/h2-3,8,12-13,16H,4-7,9-10H2,1H3. The average molecular weight is 235 g/mol. The van der Waals surface area contributed by atoms with Gasteiger partial charge in [0.15, 0.2) is 0 Å². The summed E-state index contributed by atoms with van der Waals surface area (Å²) in [7, 11) is 0. The summed E-state index contributed by atoms with van der Waals surface area (Å²) >= 11 is 0. The van der Waals surface area contributed by atoms with Crippen molar-refractivity contribution in [3.8, 4) is 0 Å². The van der Waals surface area contributed by atoms with E-state index in [0.29, 0.717) is 25.2 Å². The van der Waals surface area contributed by atoms with E-state index in [4.69, 9.17) is 9.84 Å². The molecular weight excluding hydrogens is 214 g/mol. The molecule has 1 heterocycles. The number of hydrogen-bond acceptors (Lipinski definition) is 3. The zero-order valence-electron chi connectivity index (χ0n) is 10.4. The lowest BCUT2D eigenvalue weighted by Gasteiger charge is -2.27. The number of nitrogens with zero attached hydrogens (tertiary/aromatic N) is 1. The first-order valence-electron chi connectivity index (χ1n) is 6.42. The average Bonchev–Trinajstić information content (AvgIpc) is 2.38. The highest BCUT2D eigenvalue weighted by Crippen LogP contribution is 2.26. The van der Waals surface area contributed by atoms with Gasteiger partial charge in [-0.05, 0) is 50.2 Å². The van der Waals surface area contributed by atoms with Crippen molar-refractivity contribution in [1.29, 1.82) is 0 Å². The van der Waals surface area contributed by atoms with E-state index in [0.717, 1.165) is 31.4 Å². The Balaban J connectivity index is 1.78. The molecule has 0 aliphatic heterocycles. The van der Waals surface area contributed by atoms with Crippen LogP contribution in [0.2, 0.25) is 0 Å². The molecule has 0 unspecified atom stereocenters. The molecule has 94 valence electrons. The van der Waals surface area contributed by atoms with Crippen LogP contribution in [0.4, 0.5) is 0 Å². The lowest BCUT2D eigenvalue weighted by Crippen LogP contribution is -2.23. The predicted octanol–water partition coefficient (Wildman–Crippen LogP) is 2.46. The predicted molar refractivity (Wildman–Crippen MR) is 66.6 cm³/mol. The van der Waals surface area contributed by atoms with Gasteiger partial charge >= 0.3 is 0 Å². The third-order valence-corrected chi connectivity index (χ3v) is 3.63. The number of ether oxygens (including phenoxy) is 1. The zero-order chi connectivity index (χ0) is 12.1. The molecule has 0 saturated heterocycles. The minimum atomic E-state index is 0.325. The minimum Gasteiger partial charge on any atom is -0.396 e. The molecule has 1 aromatic rings. The molecule has 3 heteroatoms. The molecule has 0 atom stereocenters. The van der Waals surface area contributed by atoms with Crippen LogP contribution in [0.15, 0.2) is 18.3 Å². The molecule has 17 heavy (non-hydrogen) atoms.